The summed E-state index contributed by atoms with van der Waals surface area (Å²) in [4.78, 5) is 108. The van der Waals surface area contributed by atoms with Crippen LogP contribution >= 0.6 is 12.4 Å². The van der Waals surface area contributed by atoms with Crippen molar-refractivity contribution in [3.63, 3.8) is 0 Å². The van der Waals surface area contributed by atoms with Crippen molar-refractivity contribution in [2.75, 3.05) is 29.6 Å². The molecule has 6 unspecified atom stereocenters. The van der Waals surface area contributed by atoms with Gasteiger partial charge in [-0.1, -0.05) is 69.3 Å². The van der Waals surface area contributed by atoms with Gasteiger partial charge in [0.1, 0.15) is 0 Å². The number of nitrogens with two attached hydrogens (primary N) is 1. The number of halogens is 1. The van der Waals surface area contributed by atoms with Crippen LogP contribution in [0.5, 0.6) is 0 Å². The Kier molecular flexibility index (Phi) is 23.9. The molecule has 0 spiro atoms. The quantitative estimate of drug-likeness (QED) is 0.0269. The number of aromatic carboxylic acids is 1. The Morgan fingerprint density at radius 3 is 1.02 bits per heavy atom. The van der Waals surface area contributed by atoms with Crippen molar-refractivity contribution in [1.82, 2.24) is 73.9 Å². The van der Waals surface area contributed by atoms with Gasteiger partial charge in [-0.2, -0.15) is 25.8 Å². The number of methoxy groups -OCH3 is 1. The Labute approximate surface area is 686 Å². The van der Waals surface area contributed by atoms with Crippen LogP contribution < -0.4 is 21.7 Å². The van der Waals surface area contributed by atoms with E-state index in [0.29, 0.717) is 82.9 Å². The van der Waals surface area contributed by atoms with Crippen molar-refractivity contribution in [3.8, 4) is 45.9 Å². The van der Waals surface area contributed by atoms with Crippen LogP contribution in [0.2, 0.25) is 0 Å². The molecule has 9 aromatic rings. The van der Waals surface area contributed by atoms with Crippen LogP contribution in [0.4, 0.5) is 34.9 Å². The highest BCUT2D eigenvalue weighted by atomic mass is 35.5. The van der Waals surface area contributed by atoms with E-state index in [1.165, 1.54) is 7.11 Å². The number of benzene rings is 3. The molecule has 30 heteroatoms. The molecule has 117 heavy (non-hydrogen) atoms. The maximum atomic E-state index is 13.1. The predicted octanol–water partition coefficient (Wildman–Crippen LogP) is 14.5. The van der Waals surface area contributed by atoms with Crippen LogP contribution in [0, 0.1) is 59.7 Å². The Morgan fingerprint density at radius 1 is 0.462 bits per heavy atom. The minimum Gasteiger partial charge on any atom is -0.478 e. The van der Waals surface area contributed by atoms with E-state index in [4.69, 9.17) is 30.3 Å². The number of piperidine rings is 3. The zero-order valence-corrected chi connectivity index (χ0v) is 67.9. The topological polar surface area (TPSA) is 382 Å². The molecule has 6 bridgehead atoms. The lowest BCUT2D eigenvalue weighted by Gasteiger charge is -2.40. The monoisotopic (exact) mass is 1600 g/mol. The third-order valence-corrected chi connectivity index (χ3v) is 25.0. The highest BCUT2D eigenvalue weighted by molar-refractivity contribution is 5.97. The molecule has 12 heterocycles. The van der Waals surface area contributed by atoms with E-state index in [0.717, 1.165) is 183 Å². The number of anilines is 6. The first-order valence-electron chi connectivity index (χ1n) is 40.4. The summed E-state index contributed by atoms with van der Waals surface area (Å²) in [7, 11) is 1.37. The summed E-state index contributed by atoms with van der Waals surface area (Å²) in [6.45, 7) is 12.3. The van der Waals surface area contributed by atoms with Gasteiger partial charge in [0.25, 0.3) is 0 Å². The Morgan fingerprint density at radius 2 is 0.752 bits per heavy atom. The molecular formula is C87H100ClN21O8. The average Bonchev–Trinajstić information content (AvgIpc) is 1.61. The van der Waals surface area contributed by atoms with Crippen molar-refractivity contribution in [3.05, 3.63) is 162 Å². The molecule has 0 radical (unpaired) electrons. The van der Waals surface area contributed by atoms with Gasteiger partial charge in [-0.05, 0) is 177 Å². The average molecular weight is 1600 g/mol. The summed E-state index contributed by atoms with van der Waals surface area (Å²) < 4.78 is 10.9. The van der Waals surface area contributed by atoms with Crippen LogP contribution in [-0.4, -0.2) is 164 Å². The summed E-state index contributed by atoms with van der Waals surface area (Å²) in [6.07, 6.45) is 35.5. The molecule has 3 saturated carbocycles. The zero-order chi connectivity index (χ0) is 81.3. The SMILES string of the molecule is COC(=O)c1ccc(-c2nc(Nc3cnn(C4CC5CCC(C4)N5C(=O)C4(C)CC4)c3)ncc2C)cc1.Cc1cnc(Nc2cnn(C3CC4CCC(C3)N4C(=O)C3(C)CC3)c2)nc1-c1ccc(C(=O)CCC#N)cc1.Cc1cnc(Nc2cnn(C3CC4CCC(C3)N4C(=O)C3(C)CC3)c2)nc1-c1ccc(C(=O)O)cc1.Cl.N#CCN. The number of carbonyl (C=O) groups excluding carboxylic acids is 5. The molecule has 6 atom stereocenters. The molecule has 6 N–H and O–H groups in total. The van der Waals surface area contributed by atoms with Crippen LogP contribution in [0.15, 0.2) is 129 Å². The van der Waals surface area contributed by atoms with Gasteiger partial charge < -0.3 is 46.2 Å². The fourth-order valence-electron chi connectivity index (χ4n) is 17.6. The van der Waals surface area contributed by atoms with E-state index in [2.05, 4.69) is 92.4 Å². The first-order chi connectivity index (χ1) is 55.9. The Balaban J connectivity index is 0.000000141. The summed E-state index contributed by atoms with van der Waals surface area (Å²) in [6, 6.07) is 27.6. The van der Waals surface area contributed by atoms with Crippen LogP contribution in [0.1, 0.15) is 215 Å². The fraction of sp³-hybridized carbons (Fsp3) is 0.460. The number of esters is 1. The first-order valence-corrected chi connectivity index (χ1v) is 40.4. The lowest BCUT2D eigenvalue weighted by molar-refractivity contribution is -0.142. The van der Waals surface area contributed by atoms with Crippen molar-refractivity contribution >= 4 is 82.8 Å². The molecule has 6 aromatic heterocycles. The number of aromatic nitrogens is 12. The maximum Gasteiger partial charge on any atom is 0.337 e. The number of ether oxygens (including phenoxy) is 1. The third-order valence-electron chi connectivity index (χ3n) is 25.0. The number of nitriles is 2. The fourth-order valence-corrected chi connectivity index (χ4v) is 17.6. The van der Waals surface area contributed by atoms with Crippen molar-refractivity contribution in [1.29, 1.82) is 10.5 Å². The molecule has 9 fully saturated rings. The minimum absolute atomic E-state index is 0. The summed E-state index contributed by atoms with van der Waals surface area (Å²) in [5.74, 6) is 1.15. The molecule has 6 aliphatic heterocycles. The summed E-state index contributed by atoms with van der Waals surface area (Å²) in [5.41, 5.74) is 15.8. The summed E-state index contributed by atoms with van der Waals surface area (Å²) >= 11 is 0. The van der Waals surface area contributed by atoms with Crippen molar-refractivity contribution in [2.45, 2.75) is 224 Å². The number of nitrogens with one attached hydrogen (secondary N) is 3. The smallest absolute Gasteiger partial charge is 0.337 e. The van der Waals surface area contributed by atoms with E-state index in [1.807, 2.05) is 83.7 Å². The van der Waals surface area contributed by atoms with Crippen LogP contribution in [0.3, 0.4) is 0 Å². The number of carboxylic acids is 1. The van der Waals surface area contributed by atoms with Crippen LogP contribution in [-0.2, 0) is 19.1 Å². The van der Waals surface area contributed by atoms with Crippen LogP contribution in [0.25, 0.3) is 33.8 Å². The molecule has 3 amide bonds. The van der Waals surface area contributed by atoms with E-state index in [-0.39, 0.29) is 83.5 Å². The maximum absolute atomic E-state index is 13.1. The highest BCUT2D eigenvalue weighted by Crippen LogP contribution is 2.54. The van der Waals surface area contributed by atoms with Gasteiger partial charge >= 0.3 is 11.9 Å². The number of nitrogens with zero attached hydrogens (tertiary/aromatic N) is 17. The normalized spacial score (nSPS) is 22.6. The number of fused-ring (bicyclic) bond motifs is 6. The lowest BCUT2D eigenvalue weighted by Crippen LogP contribution is -2.49. The molecular weight excluding hydrogens is 1500 g/mol. The number of aryl methyl sites for hydroxylation is 3. The number of hydrogen-bond acceptors (Lipinski definition) is 22. The number of Topliss-reactive ketones (excluding diaryl/α,β-unsaturated/α-hetero) is 1. The van der Waals surface area contributed by atoms with Crippen molar-refractivity contribution < 1.29 is 38.6 Å². The molecule has 3 aliphatic carbocycles. The second kappa shape index (κ2) is 34.2. The van der Waals surface area contributed by atoms with E-state index in [1.54, 1.807) is 91.8 Å². The van der Waals surface area contributed by atoms with Gasteiger partial charge in [0.05, 0.1) is 108 Å². The van der Waals surface area contributed by atoms with Gasteiger partial charge in [-0.15, -0.1) is 12.4 Å². The highest BCUT2D eigenvalue weighted by Gasteiger charge is 2.56. The number of rotatable bonds is 20. The minimum atomic E-state index is -0.956. The van der Waals surface area contributed by atoms with E-state index < -0.39 is 5.97 Å². The second-order valence-electron chi connectivity index (χ2n) is 33.5. The molecule has 3 aromatic carbocycles. The first kappa shape index (κ1) is 81.7. The van der Waals surface area contributed by atoms with Gasteiger partial charge in [0.15, 0.2) is 5.78 Å². The van der Waals surface area contributed by atoms with Gasteiger partial charge in [-0.3, -0.25) is 33.2 Å². The second-order valence-corrected chi connectivity index (χ2v) is 33.5. The van der Waals surface area contributed by atoms with Gasteiger partial charge in [-0.25, -0.2) is 39.5 Å². The third kappa shape index (κ3) is 17.8. The lowest BCUT2D eigenvalue weighted by atomic mass is 9.95. The Bertz CT molecular complexity index is 5230. The summed E-state index contributed by atoms with van der Waals surface area (Å²) in [5, 5.41) is 49.1. The number of carbonyl (C=O) groups is 6. The number of hydrogen-bond donors (Lipinski definition) is 5. The van der Waals surface area contributed by atoms with Gasteiger partial charge in [0, 0.05) is 125 Å². The number of ketones is 1. The molecule has 608 valence electrons. The molecule has 6 saturated heterocycles. The van der Waals surface area contributed by atoms with E-state index in [9.17, 15) is 28.8 Å². The Hall–Kier alpha value is -11.8. The van der Waals surface area contributed by atoms with Gasteiger partial charge in [0.2, 0.25) is 35.6 Å². The number of amides is 3. The molecule has 18 rings (SSSR count). The number of carboxylic acid groups (broad SMARTS) is 1. The predicted molar refractivity (Wildman–Crippen MR) is 440 cm³/mol. The molecule has 9 aliphatic rings. The zero-order valence-electron chi connectivity index (χ0n) is 67.1. The largest absolute Gasteiger partial charge is 0.478 e. The van der Waals surface area contributed by atoms with E-state index >= 15 is 0 Å². The standard InChI is InChI=1S/C30H33N7O2.C28H32N6O3.C27H30N6O3.C2H4N2.ClH/c1-19-16-32-29(35-27(19)21-7-5-20(6-8-21)26(38)4-3-13-31)34-22-17-33-36(18-22)25-14-23-9-10-24(15-25)37(23)28(39)30(2)11-12-30;1-17-14-29-27(32-24(17)18-4-6-19(7-5-18)25(35)37-3)31-20-15-30-33(16-20)23-12-21-8-9-22(13-23)34(21)26(36)28(2)10-11-28;1-16-13-28-26(31-23(16)17-3-5-18(6-4-17)24(34)35)30-19-14-29-32(15-19)22-11-20-7-8-21(12-22)33(20)25(36)27(2)9-10-27;3-1-2-4;/h5-8,16-18,23-25H,3-4,9-12,14-15H2,1-2H3,(H,32,34,35);4-7,14-16,21-23H,8-13H2,1-3H3,(H,29,31,32);3-6,13-15,20-22H,7-12H2,1-2H3,(H,34,35)(H,28,30,31);1,3H2;1H. The molecule has 29 nitrogen and oxygen atoms in total. The van der Waals surface area contributed by atoms with Crippen molar-refractivity contribution in [2.24, 2.45) is 22.0 Å².